The molecule has 0 aliphatic carbocycles. The van der Waals surface area contributed by atoms with Crippen LogP contribution in [0.1, 0.15) is 13.8 Å². The Hall–Kier alpha value is -1.25. The summed E-state index contributed by atoms with van der Waals surface area (Å²) >= 11 is 0. The number of nitrogen functional groups attached to an aromatic ring is 1. The molecule has 2 N–H and O–H groups in total. The molecule has 1 unspecified atom stereocenters. The number of nitrogens with two attached hydrogens (primary N) is 1. The van der Waals surface area contributed by atoms with Crippen LogP contribution >= 0.6 is 0 Å². The highest BCUT2D eigenvalue weighted by molar-refractivity contribution is 7.89. The highest BCUT2D eigenvalue weighted by Gasteiger charge is 2.34. The third-order valence-corrected chi connectivity index (χ3v) is 5.63. The molecule has 2 rings (SSSR count). The van der Waals surface area contributed by atoms with Gasteiger partial charge in [-0.05, 0) is 25.6 Å². The molecule has 0 aromatic heterocycles. The van der Waals surface area contributed by atoms with Crippen LogP contribution in [0.2, 0.25) is 0 Å². The molecule has 0 bridgehead atoms. The van der Waals surface area contributed by atoms with Crippen LogP contribution in [0.3, 0.4) is 0 Å². The third-order valence-electron chi connectivity index (χ3n) is 3.77. The summed E-state index contributed by atoms with van der Waals surface area (Å²) in [4.78, 5) is 1.43. The van der Waals surface area contributed by atoms with Gasteiger partial charge in [0, 0.05) is 31.4 Å². The van der Waals surface area contributed by atoms with Crippen LogP contribution in [0.15, 0.2) is 17.0 Å². The lowest BCUT2D eigenvalue weighted by Gasteiger charge is -2.38. The van der Waals surface area contributed by atoms with Crippen molar-refractivity contribution >= 4 is 15.7 Å². The predicted molar refractivity (Wildman–Crippen MR) is 76.2 cm³/mol. The molecule has 1 atom stereocenters. The second-order valence-electron chi connectivity index (χ2n) is 5.16. The first-order valence-electron chi connectivity index (χ1n) is 6.76. The van der Waals surface area contributed by atoms with Gasteiger partial charge in [0.15, 0.2) is 11.6 Å². The van der Waals surface area contributed by atoms with Crippen molar-refractivity contribution in [3.8, 4) is 0 Å². The van der Waals surface area contributed by atoms with E-state index in [1.807, 2.05) is 13.8 Å². The fourth-order valence-electron chi connectivity index (χ4n) is 2.56. The highest BCUT2D eigenvalue weighted by atomic mass is 32.2. The van der Waals surface area contributed by atoms with Crippen molar-refractivity contribution in [1.82, 2.24) is 9.21 Å². The van der Waals surface area contributed by atoms with Crippen LogP contribution < -0.4 is 5.73 Å². The summed E-state index contributed by atoms with van der Waals surface area (Å²) in [6.07, 6.45) is 0. The molecular weight excluding hydrogens is 300 g/mol. The number of rotatable bonds is 3. The standard InChI is InChI=1S/C13H19F2N3O2S/c1-3-17-4-5-18(8-9(17)2)21(19,20)12-7-10(16)6-11(14)13(12)15/h6-7,9H,3-5,8,16H2,1-2H3. The van der Waals surface area contributed by atoms with Crippen LogP contribution in [0.25, 0.3) is 0 Å². The summed E-state index contributed by atoms with van der Waals surface area (Å²) < 4.78 is 53.4. The number of nitrogens with zero attached hydrogens (tertiary/aromatic N) is 2. The maximum absolute atomic E-state index is 13.8. The van der Waals surface area contributed by atoms with E-state index in [4.69, 9.17) is 5.73 Å². The number of hydrogen-bond acceptors (Lipinski definition) is 4. The lowest BCUT2D eigenvalue weighted by Crippen LogP contribution is -2.53. The van der Waals surface area contributed by atoms with Crippen molar-refractivity contribution in [3.63, 3.8) is 0 Å². The zero-order valence-corrected chi connectivity index (χ0v) is 12.8. The largest absolute Gasteiger partial charge is 0.399 e. The van der Waals surface area contributed by atoms with Gasteiger partial charge in [0.25, 0.3) is 0 Å². The Kier molecular flexibility index (Phi) is 4.50. The first-order valence-corrected chi connectivity index (χ1v) is 8.20. The van der Waals surface area contributed by atoms with E-state index in [1.54, 1.807) is 0 Å². The van der Waals surface area contributed by atoms with Crippen molar-refractivity contribution in [3.05, 3.63) is 23.8 Å². The van der Waals surface area contributed by atoms with Gasteiger partial charge in [-0.2, -0.15) is 4.31 Å². The monoisotopic (exact) mass is 319 g/mol. The normalized spacial score (nSPS) is 21.6. The molecule has 1 aromatic carbocycles. The molecule has 8 heteroatoms. The average Bonchev–Trinajstić information content (AvgIpc) is 2.42. The number of hydrogen-bond donors (Lipinski definition) is 1. The third kappa shape index (κ3) is 3.02. The van der Waals surface area contributed by atoms with Crippen molar-refractivity contribution in [2.75, 3.05) is 31.9 Å². The highest BCUT2D eigenvalue weighted by Crippen LogP contribution is 2.26. The van der Waals surface area contributed by atoms with E-state index in [1.165, 1.54) is 4.31 Å². The number of halogens is 2. The minimum Gasteiger partial charge on any atom is -0.399 e. The Morgan fingerprint density at radius 3 is 2.57 bits per heavy atom. The predicted octanol–water partition coefficient (Wildman–Crippen LogP) is 1.26. The summed E-state index contributed by atoms with van der Waals surface area (Å²) in [7, 11) is -4.09. The number of likely N-dealkylation sites (N-methyl/N-ethyl adjacent to an activating group) is 1. The first kappa shape index (κ1) is 16.1. The van der Waals surface area contributed by atoms with Crippen LogP contribution in [0.4, 0.5) is 14.5 Å². The smallest absolute Gasteiger partial charge is 0.246 e. The van der Waals surface area contributed by atoms with Crippen LogP contribution in [-0.4, -0.2) is 49.8 Å². The molecule has 0 amide bonds. The van der Waals surface area contributed by atoms with Gasteiger partial charge in [-0.3, -0.25) is 4.90 Å². The fourth-order valence-corrected chi connectivity index (χ4v) is 4.18. The summed E-state index contributed by atoms with van der Waals surface area (Å²) in [6.45, 7) is 5.76. The molecule has 5 nitrogen and oxygen atoms in total. The minimum atomic E-state index is -4.09. The van der Waals surface area contributed by atoms with E-state index in [0.717, 1.165) is 18.7 Å². The summed E-state index contributed by atoms with van der Waals surface area (Å²) in [5.41, 5.74) is 5.31. The molecule has 0 radical (unpaired) electrons. The Labute approximate surface area is 123 Å². The fraction of sp³-hybridized carbons (Fsp3) is 0.538. The Morgan fingerprint density at radius 2 is 2.00 bits per heavy atom. The van der Waals surface area contributed by atoms with Gasteiger partial charge in [-0.1, -0.05) is 6.92 Å². The average molecular weight is 319 g/mol. The van der Waals surface area contributed by atoms with E-state index in [2.05, 4.69) is 4.90 Å². The molecule has 21 heavy (non-hydrogen) atoms. The van der Waals surface area contributed by atoms with E-state index < -0.39 is 26.6 Å². The number of benzene rings is 1. The molecular formula is C13H19F2N3O2S. The summed E-state index contributed by atoms with van der Waals surface area (Å²) in [5.74, 6) is -2.64. The van der Waals surface area contributed by atoms with Gasteiger partial charge in [-0.25, -0.2) is 17.2 Å². The minimum absolute atomic E-state index is 0.0208. The van der Waals surface area contributed by atoms with E-state index in [0.29, 0.717) is 6.54 Å². The van der Waals surface area contributed by atoms with Crippen molar-refractivity contribution in [1.29, 1.82) is 0 Å². The van der Waals surface area contributed by atoms with E-state index in [-0.39, 0.29) is 24.8 Å². The lowest BCUT2D eigenvalue weighted by molar-refractivity contribution is 0.135. The van der Waals surface area contributed by atoms with Crippen LogP contribution in [-0.2, 0) is 10.0 Å². The molecule has 0 saturated carbocycles. The van der Waals surface area contributed by atoms with Gasteiger partial charge < -0.3 is 5.73 Å². The molecule has 0 spiro atoms. The SMILES string of the molecule is CCN1CCN(S(=O)(=O)c2cc(N)cc(F)c2F)CC1C. The van der Waals surface area contributed by atoms with Crippen molar-refractivity contribution in [2.45, 2.75) is 24.8 Å². The van der Waals surface area contributed by atoms with Gasteiger partial charge in [0.2, 0.25) is 10.0 Å². The summed E-state index contributed by atoms with van der Waals surface area (Å²) in [6, 6.07) is 1.75. The molecule has 1 fully saturated rings. The van der Waals surface area contributed by atoms with Gasteiger partial charge in [-0.15, -0.1) is 0 Å². The molecule has 1 aromatic rings. The molecule has 1 aliphatic rings. The second-order valence-corrected chi connectivity index (χ2v) is 7.06. The second kappa shape index (κ2) is 5.86. The lowest BCUT2D eigenvalue weighted by atomic mass is 10.2. The van der Waals surface area contributed by atoms with Crippen molar-refractivity contribution < 1.29 is 17.2 Å². The molecule has 1 saturated heterocycles. The van der Waals surface area contributed by atoms with E-state index in [9.17, 15) is 17.2 Å². The number of sulfonamides is 1. The Morgan fingerprint density at radius 1 is 1.33 bits per heavy atom. The zero-order valence-electron chi connectivity index (χ0n) is 12.0. The van der Waals surface area contributed by atoms with E-state index >= 15 is 0 Å². The van der Waals surface area contributed by atoms with Gasteiger partial charge in [0.05, 0.1) is 0 Å². The quantitative estimate of drug-likeness (QED) is 0.852. The van der Waals surface area contributed by atoms with Crippen LogP contribution in [0.5, 0.6) is 0 Å². The number of piperazine rings is 1. The maximum atomic E-state index is 13.8. The van der Waals surface area contributed by atoms with Gasteiger partial charge in [0.1, 0.15) is 4.90 Å². The molecule has 1 aliphatic heterocycles. The number of anilines is 1. The summed E-state index contributed by atoms with van der Waals surface area (Å²) in [5, 5.41) is 0. The Balaban J connectivity index is 2.36. The van der Waals surface area contributed by atoms with Gasteiger partial charge >= 0.3 is 0 Å². The first-order chi connectivity index (χ1) is 9.77. The zero-order chi connectivity index (χ0) is 15.8. The molecule has 118 valence electrons. The van der Waals surface area contributed by atoms with Crippen LogP contribution in [0, 0.1) is 11.6 Å². The maximum Gasteiger partial charge on any atom is 0.246 e. The topological polar surface area (TPSA) is 66.6 Å². The Bertz CT molecular complexity index is 637. The molecule has 1 heterocycles. The van der Waals surface area contributed by atoms with Crippen molar-refractivity contribution in [2.24, 2.45) is 0 Å².